The SMILES string of the molecule is CN=C(NCCCOCC1CCOCC1)NC1C2CCOC2C1(C)C.I. The Morgan fingerprint density at radius 3 is 2.69 bits per heavy atom. The zero-order valence-electron chi connectivity index (χ0n) is 16.5. The first-order valence-electron chi connectivity index (χ1n) is 9.87. The Kier molecular flexibility index (Phi) is 8.90. The maximum Gasteiger partial charge on any atom is 0.191 e. The van der Waals surface area contributed by atoms with Gasteiger partial charge >= 0.3 is 0 Å². The summed E-state index contributed by atoms with van der Waals surface area (Å²) in [6, 6.07) is 0.441. The van der Waals surface area contributed by atoms with E-state index < -0.39 is 0 Å². The highest BCUT2D eigenvalue weighted by Gasteiger charge is 2.59. The molecule has 3 fully saturated rings. The van der Waals surface area contributed by atoms with E-state index in [4.69, 9.17) is 14.2 Å². The van der Waals surface area contributed by atoms with Crippen molar-refractivity contribution in [1.82, 2.24) is 10.6 Å². The molecule has 1 aliphatic carbocycles. The highest BCUT2D eigenvalue weighted by Crippen LogP contribution is 2.52. The molecule has 2 aliphatic heterocycles. The average Bonchev–Trinajstić information content (AvgIpc) is 3.08. The number of hydrogen-bond donors (Lipinski definition) is 2. The van der Waals surface area contributed by atoms with Gasteiger partial charge in [0, 0.05) is 64.0 Å². The summed E-state index contributed by atoms with van der Waals surface area (Å²) in [5, 5.41) is 7.03. The molecule has 0 aromatic rings. The lowest BCUT2D eigenvalue weighted by Crippen LogP contribution is -2.68. The van der Waals surface area contributed by atoms with Crippen molar-refractivity contribution in [2.45, 2.75) is 51.7 Å². The number of ether oxygens (including phenoxy) is 3. The van der Waals surface area contributed by atoms with Crippen molar-refractivity contribution < 1.29 is 14.2 Å². The van der Waals surface area contributed by atoms with Gasteiger partial charge in [0.1, 0.15) is 0 Å². The molecule has 152 valence electrons. The van der Waals surface area contributed by atoms with E-state index in [1.807, 2.05) is 7.05 Å². The number of hydrogen-bond acceptors (Lipinski definition) is 4. The molecule has 3 atom stereocenters. The lowest BCUT2D eigenvalue weighted by molar-refractivity contribution is -0.106. The second kappa shape index (κ2) is 10.4. The molecule has 0 radical (unpaired) electrons. The first-order chi connectivity index (χ1) is 12.1. The summed E-state index contributed by atoms with van der Waals surface area (Å²) in [5.74, 6) is 2.20. The average molecular weight is 481 g/mol. The Labute approximate surface area is 175 Å². The van der Waals surface area contributed by atoms with Gasteiger partial charge in [-0.3, -0.25) is 4.99 Å². The molecular formula is C19H36IN3O3. The van der Waals surface area contributed by atoms with Crippen LogP contribution in [0.5, 0.6) is 0 Å². The number of fused-ring (bicyclic) bond motifs is 1. The predicted octanol–water partition coefficient (Wildman–Crippen LogP) is 2.42. The molecule has 2 N–H and O–H groups in total. The Bertz CT molecular complexity index is 455. The predicted molar refractivity (Wildman–Crippen MR) is 114 cm³/mol. The quantitative estimate of drug-likeness (QED) is 0.253. The van der Waals surface area contributed by atoms with E-state index >= 15 is 0 Å². The van der Waals surface area contributed by atoms with Crippen LogP contribution < -0.4 is 10.6 Å². The fraction of sp³-hybridized carbons (Fsp3) is 0.947. The Balaban J connectivity index is 0.00000243. The van der Waals surface area contributed by atoms with Crippen molar-refractivity contribution in [2.75, 3.05) is 46.6 Å². The van der Waals surface area contributed by atoms with Gasteiger partial charge in [0.05, 0.1) is 6.10 Å². The molecule has 2 heterocycles. The van der Waals surface area contributed by atoms with Crippen LogP contribution in [0.25, 0.3) is 0 Å². The third kappa shape index (κ3) is 5.23. The summed E-state index contributed by atoms with van der Waals surface area (Å²) >= 11 is 0. The zero-order valence-corrected chi connectivity index (χ0v) is 18.8. The minimum atomic E-state index is 0. The van der Waals surface area contributed by atoms with E-state index in [2.05, 4.69) is 29.5 Å². The molecule has 0 bridgehead atoms. The second-order valence-electron chi connectivity index (χ2n) is 8.17. The fourth-order valence-corrected chi connectivity index (χ4v) is 4.50. The topological polar surface area (TPSA) is 64.1 Å². The summed E-state index contributed by atoms with van der Waals surface area (Å²) in [4.78, 5) is 4.38. The van der Waals surface area contributed by atoms with Crippen LogP contribution in [0.4, 0.5) is 0 Å². The van der Waals surface area contributed by atoms with Crippen LogP contribution in [0.15, 0.2) is 4.99 Å². The van der Waals surface area contributed by atoms with Crippen LogP contribution >= 0.6 is 24.0 Å². The van der Waals surface area contributed by atoms with Gasteiger partial charge in [0.2, 0.25) is 0 Å². The maximum atomic E-state index is 5.86. The second-order valence-corrected chi connectivity index (χ2v) is 8.17. The van der Waals surface area contributed by atoms with Crippen molar-refractivity contribution in [1.29, 1.82) is 0 Å². The molecule has 0 spiro atoms. The van der Waals surface area contributed by atoms with Crippen LogP contribution in [0.2, 0.25) is 0 Å². The van der Waals surface area contributed by atoms with E-state index in [1.54, 1.807) is 0 Å². The molecule has 7 heteroatoms. The van der Waals surface area contributed by atoms with Gasteiger partial charge in [-0.15, -0.1) is 24.0 Å². The molecule has 0 aromatic carbocycles. The van der Waals surface area contributed by atoms with Crippen molar-refractivity contribution >= 4 is 29.9 Å². The summed E-state index contributed by atoms with van der Waals surface area (Å²) < 4.78 is 17.1. The summed E-state index contributed by atoms with van der Waals surface area (Å²) in [7, 11) is 1.84. The van der Waals surface area contributed by atoms with E-state index in [-0.39, 0.29) is 29.4 Å². The number of halogens is 1. The van der Waals surface area contributed by atoms with Crippen LogP contribution in [0.3, 0.4) is 0 Å². The van der Waals surface area contributed by atoms with Crippen molar-refractivity contribution in [2.24, 2.45) is 22.2 Å². The first kappa shape index (κ1) is 22.2. The lowest BCUT2D eigenvalue weighted by Gasteiger charge is -2.54. The number of nitrogens with zero attached hydrogens (tertiary/aromatic N) is 1. The molecule has 0 aromatic heterocycles. The van der Waals surface area contributed by atoms with Crippen molar-refractivity contribution in [3.63, 3.8) is 0 Å². The van der Waals surface area contributed by atoms with E-state index in [9.17, 15) is 0 Å². The van der Waals surface area contributed by atoms with Crippen molar-refractivity contribution in [3.05, 3.63) is 0 Å². The number of aliphatic imine (C=N–C) groups is 1. The zero-order chi connectivity index (χ0) is 17.7. The monoisotopic (exact) mass is 481 g/mol. The van der Waals surface area contributed by atoms with E-state index in [0.29, 0.717) is 24.0 Å². The molecular weight excluding hydrogens is 445 g/mol. The highest BCUT2D eigenvalue weighted by molar-refractivity contribution is 14.0. The van der Waals surface area contributed by atoms with Gasteiger partial charge in [-0.05, 0) is 31.6 Å². The molecule has 0 amide bonds. The van der Waals surface area contributed by atoms with Crippen molar-refractivity contribution in [3.8, 4) is 0 Å². The molecule has 3 aliphatic rings. The minimum absolute atomic E-state index is 0. The first-order valence-corrected chi connectivity index (χ1v) is 9.87. The fourth-order valence-electron chi connectivity index (χ4n) is 4.50. The summed E-state index contributed by atoms with van der Waals surface area (Å²) in [5.41, 5.74) is 0.172. The Morgan fingerprint density at radius 2 is 1.96 bits per heavy atom. The minimum Gasteiger partial charge on any atom is -0.381 e. The van der Waals surface area contributed by atoms with Crippen LogP contribution in [-0.2, 0) is 14.2 Å². The lowest BCUT2D eigenvalue weighted by atomic mass is 9.57. The molecule has 6 nitrogen and oxygen atoms in total. The molecule has 1 saturated carbocycles. The van der Waals surface area contributed by atoms with Crippen LogP contribution in [0.1, 0.15) is 39.5 Å². The summed E-state index contributed by atoms with van der Waals surface area (Å²) in [6.45, 7) is 9.80. The van der Waals surface area contributed by atoms with Gasteiger partial charge in [0.25, 0.3) is 0 Å². The number of rotatable bonds is 7. The van der Waals surface area contributed by atoms with Crippen LogP contribution in [0, 0.1) is 17.3 Å². The van der Waals surface area contributed by atoms with Gasteiger partial charge in [0.15, 0.2) is 5.96 Å². The molecule has 3 unspecified atom stereocenters. The molecule has 26 heavy (non-hydrogen) atoms. The molecule has 3 rings (SSSR count). The largest absolute Gasteiger partial charge is 0.381 e. The molecule has 2 saturated heterocycles. The third-order valence-corrected chi connectivity index (χ3v) is 6.07. The van der Waals surface area contributed by atoms with E-state index in [0.717, 1.165) is 71.2 Å². The summed E-state index contributed by atoms with van der Waals surface area (Å²) in [6.07, 6.45) is 4.83. The van der Waals surface area contributed by atoms with Gasteiger partial charge < -0.3 is 24.8 Å². The Morgan fingerprint density at radius 1 is 1.19 bits per heavy atom. The number of nitrogens with one attached hydrogen (secondary N) is 2. The third-order valence-electron chi connectivity index (χ3n) is 6.07. The highest BCUT2D eigenvalue weighted by atomic mass is 127. The maximum absolute atomic E-state index is 5.86. The van der Waals surface area contributed by atoms with Gasteiger partial charge in [-0.2, -0.15) is 0 Å². The van der Waals surface area contributed by atoms with E-state index in [1.165, 1.54) is 0 Å². The van der Waals surface area contributed by atoms with Gasteiger partial charge in [-0.25, -0.2) is 0 Å². The standard InChI is InChI=1S/C19H35N3O3.HI/c1-19(2)16(15-7-12-25-17(15)19)22-18(20-3)21-8-4-9-24-13-14-5-10-23-11-6-14;/h14-17H,4-13H2,1-3H3,(H2,20,21,22);1H. The number of guanidine groups is 1. The Hall–Kier alpha value is -0.120. The normalized spacial score (nSPS) is 30.9. The smallest absolute Gasteiger partial charge is 0.191 e. The van der Waals surface area contributed by atoms with Crippen LogP contribution in [-0.4, -0.2) is 64.7 Å². The van der Waals surface area contributed by atoms with Gasteiger partial charge in [-0.1, -0.05) is 13.8 Å².